The summed E-state index contributed by atoms with van der Waals surface area (Å²) in [6.07, 6.45) is -0.442. The quantitative estimate of drug-likeness (QED) is 0.339. The molecule has 0 N–H and O–H groups in total. The third-order valence-electron chi connectivity index (χ3n) is 1.72. The first-order valence-corrected chi connectivity index (χ1v) is 4.49. The van der Waals surface area contributed by atoms with E-state index in [1.807, 2.05) is 0 Å². The molecule has 5 heteroatoms. The summed E-state index contributed by atoms with van der Waals surface area (Å²) in [5.41, 5.74) is -0.134. The number of esters is 1. The van der Waals surface area contributed by atoms with Crippen molar-refractivity contribution in [2.45, 2.75) is 13.3 Å². The van der Waals surface area contributed by atoms with Gasteiger partial charge in [0.15, 0.2) is 0 Å². The van der Waals surface area contributed by atoms with E-state index in [9.17, 15) is 14.0 Å². The zero-order chi connectivity index (χ0) is 11.3. The number of halogens is 1. The summed E-state index contributed by atoms with van der Waals surface area (Å²) in [5.74, 6) is -1.89. The first-order chi connectivity index (χ1) is 7.15. The molecule has 0 spiro atoms. The molecule has 0 saturated carbocycles. The van der Waals surface area contributed by atoms with Gasteiger partial charge in [0.25, 0.3) is 0 Å². The van der Waals surface area contributed by atoms with Gasteiger partial charge in [-0.3, -0.25) is 4.79 Å². The fourth-order valence-electron chi connectivity index (χ4n) is 1.06. The number of hydrogen-bond acceptors (Lipinski definition) is 3. The van der Waals surface area contributed by atoms with Gasteiger partial charge >= 0.3 is 5.97 Å². The standard InChI is InChI=1S/C11H10FO3.W/c1-2-15-11(14)7-10(13)8-5-3-4-6-9(8)12;/h4-6H,2,7H2,1H3;/q-1;. The predicted molar refractivity (Wildman–Crippen MR) is 50.8 cm³/mol. The van der Waals surface area contributed by atoms with Gasteiger partial charge in [-0.1, -0.05) is 5.56 Å². The van der Waals surface area contributed by atoms with Crippen LogP contribution in [0.15, 0.2) is 18.2 Å². The van der Waals surface area contributed by atoms with E-state index in [-0.39, 0.29) is 33.2 Å². The summed E-state index contributed by atoms with van der Waals surface area (Å²) >= 11 is 0. The van der Waals surface area contributed by atoms with Gasteiger partial charge in [-0.2, -0.15) is 18.2 Å². The summed E-state index contributed by atoms with van der Waals surface area (Å²) in [7, 11) is 0. The molecule has 0 aromatic heterocycles. The second-order valence-electron chi connectivity index (χ2n) is 2.81. The maximum absolute atomic E-state index is 13.1. The number of carbonyl (C=O) groups is 2. The summed E-state index contributed by atoms with van der Waals surface area (Å²) in [5, 5.41) is 0. The van der Waals surface area contributed by atoms with Crippen molar-refractivity contribution in [2.24, 2.45) is 0 Å². The molecule has 0 aliphatic heterocycles. The molecule has 1 aromatic rings. The Morgan fingerprint density at radius 1 is 1.50 bits per heavy atom. The molecule has 3 nitrogen and oxygen atoms in total. The summed E-state index contributed by atoms with van der Waals surface area (Å²) in [6, 6.07) is 6.28. The van der Waals surface area contributed by atoms with Gasteiger partial charge in [-0.25, -0.2) is 4.39 Å². The number of benzene rings is 1. The fourth-order valence-corrected chi connectivity index (χ4v) is 1.06. The van der Waals surface area contributed by atoms with Crippen LogP contribution in [0.2, 0.25) is 0 Å². The number of ether oxygens (including phenoxy) is 1. The zero-order valence-corrected chi connectivity index (χ0v) is 11.6. The fraction of sp³-hybridized carbons (Fsp3) is 0.273. The van der Waals surface area contributed by atoms with Crippen LogP contribution in [0.25, 0.3) is 0 Å². The summed E-state index contributed by atoms with van der Waals surface area (Å²) < 4.78 is 17.7. The van der Waals surface area contributed by atoms with Crippen LogP contribution in [0, 0.1) is 11.9 Å². The molecule has 0 bridgehead atoms. The van der Waals surface area contributed by atoms with Crippen molar-refractivity contribution in [2.75, 3.05) is 6.61 Å². The number of rotatable bonds is 4. The minimum absolute atomic E-state index is 0. The maximum atomic E-state index is 13.1. The van der Waals surface area contributed by atoms with Crippen LogP contribution in [0.3, 0.4) is 0 Å². The molecular formula is C11H10FO3W-. The van der Waals surface area contributed by atoms with Crippen molar-refractivity contribution in [3.63, 3.8) is 0 Å². The van der Waals surface area contributed by atoms with E-state index < -0.39 is 24.0 Å². The van der Waals surface area contributed by atoms with Crippen molar-refractivity contribution in [1.82, 2.24) is 0 Å². The molecule has 0 fully saturated rings. The molecule has 0 aliphatic rings. The van der Waals surface area contributed by atoms with Crippen LogP contribution in [-0.2, 0) is 30.6 Å². The topological polar surface area (TPSA) is 43.4 Å². The number of carbonyl (C=O) groups excluding carboxylic acids is 2. The Labute approximate surface area is 107 Å². The Bertz CT molecular complexity index is 379. The summed E-state index contributed by atoms with van der Waals surface area (Å²) in [6.45, 7) is 1.84. The largest absolute Gasteiger partial charge is 0.466 e. The van der Waals surface area contributed by atoms with Crippen molar-refractivity contribution >= 4 is 11.8 Å². The molecule has 16 heavy (non-hydrogen) atoms. The molecule has 0 heterocycles. The average molecular weight is 393 g/mol. The molecule has 86 valence electrons. The molecule has 0 unspecified atom stereocenters. The van der Waals surface area contributed by atoms with Crippen LogP contribution in [0.4, 0.5) is 4.39 Å². The van der Waals surface area contributed by atoms with Crippen LogP contribution < -0.4 is 0 Å². The van der Waals surface area contributed by atoms with Crippen molar-refractivity contribution in [3.05, 3.63) is 35.6 Å². The van der Waals surface area contributed by atoms with Crippen LogP contribution >= 0.6 is 0 Å². The van der Waals surface area contributed by atoms with Gasteiger partial charge in [-0.15, -0.1) is 6.07 Å². The van der Waals surface area contributed by atoms with Gasteiger partial charge < -0.3 is 9.53 Å². The van der Waals surface area contributed by atoms with Crippen LogP contribution in [0.1, 0.15) is 23.7 Å². The van der Waals surface area contributed by atoms with Crippen molar-refractivity contribution in [3.8, 4) is 0 Å². The number of hydrogen-bond donors (Lipinski definition) is 0. The molecule has 1 rings (SSSR count). The van der Waals surface area contributed by atoms with Crippen molar-refractivity contribution in [1.29, 1.82) is 0 Å². The van der Waals surface area contributed by atoms with Gasteiger partial charge in [-0.05, 0) is 6.92 Å². The Balaban J connectivity index is 0.00000225. The Morgan fingerprint density at radius 3 is 2.75 bits per heavy atom. The van der Waals surface area contributed by atoms with Crippen LogP contribution in [-0.4, -0.2) is 18.4 Å². The van der Waals surface area contributed by atoms with Gasteiger partial charge in [0.05, 0.1) is 13.0 Å². The monoisotopic (exact) mass is 393 g/mol. The molecule has 1 aromatic carbocycles. The van der Waals surface area contributed by atoms with Crippen LogP contribution in [0.5, 0.6) is 0 Å². The first kappa shape index (κ1) is 15.0. The Hall–Kier alpha value is -1.02. The van der Waals surface area contributed by atoms with Gasteiger partial charge in [0.1, 0.15) is 5.78 Å². The third-order valence-corrected chi connectivity index (χ3v) is 1.72. The second-order valence-corrected chi connectivity index (χ2v) is 2.81. The zero-order valence-electron chi connectivity index (χ0n) is 8.66. The second kappa shape index (κ2) is 7.28. The van der Waals surface area contributed by atoms with Gasteiger partial charge in [0, 0.05) is 26.9 Å². The first-order valence-electron chi connectivity index (χ1n) is 4.49. The third kappa shape index (κ3) is 4.23. The molecule has 0 aliphatic carbocycles. The molecule has 0 saturated heterocycles. The van der Waals surface area contributed by atoms with E-state index >= 15 is 0 Å². The minimum atomic E-state index is -0.650. The van der Waals surface area contributed by atoms with E-state index in [1.165, 1.54) is 12.1 Å². The van der Waals surface area contributed by atoms with E-state index in [4.69, 9.17) is 0 Å². The number of ketones is 1. The molecule has 0 atom stereocenters. The molecule has 0 amide bonds. The van der Waals surface area contributed by atoms with E-state index in [2.05, 4.69) is 10.8 Å². The minimum Gasteiger partial charge on any atom is -0.466 e. The van der Waals surface area contributed by atoms with Crippen molar-refractivity contribution < 1.29 is 39.8 Å². The van der Waals surface area contributed by atoms with E-state index in [0.29, 0.717) is 0 Å². The maximum Gasteiger partial charge on any atom is 0.312 e. The smallest absolute Gasteiger partial charge is 0.312 e. The summed E-state index contributed by atoms with van der Waals surface area (Å²) in [4.78, 5) is 22.4. The number of Topliss-reactive ketones (excluding diaryl/α,β-unsaturated/α-hetero) is 1. The normalized spacial score (nSPS) is 9.12. The Morgan fingerprint density at radius 2 is 2.19 bits per heavy atom. The van der Waals surface area contributed by atoms with Gasteiger partial charge in [0.2, 0.25) is 0 Å². The van der Waals surface area contributed by atoms with E-state index in [1.54, 1.807) is 6.92 Å². The molecular weight excluding hydrogens is 383 g/mol. The average Bonchev–Trinajstić information content (AvgIpc) is 2.18. The predicted octanol–water partition coefficient (Wildman–Crippen LogP) is 1.76. The SMILES string of the molecule is CCOC(=O)CC(=O)c1c[c-]ccc1F.[W]. The Kier molecular flexibility index (Phi) is 6.82. The molecule has 0 radical (unpaired) electrons. The van der Waals surface area contributed by atoms with E-state index in [0.717, 1.165) is 6.07 Å².